The summed E-state index contributed by atoms with van der Waals surface area (Å²) in [4.78, 5) is 32.0. The van der Waals surface area contributed by atoms with Crippen molar-refractivity contribution in [2.24, 2.45) is 4.99 Å². The minimum atomic E-state index is -0.601. The van der Waals surface area contributed by atoms with Gasteiger partial charge in [-0.3, -0.25) is 9.36 Å². The molecule has 1 aliphatic heterocycles. The van der Waals surface area contributed by atoms with Crippen LogP contribution in [0.3, 0.4) is 0 Å². The zero-order valence-corrected chi connectivity index (χ0v) is 20.4. The van der Waals surface area contributed by atoms with Crippen LogP contribution in [0.4, 0.5) is 0 Å². The lowest BCUT2D eigenvalue weighted by Gasteiger charge is -2.24. The van der Waals surface area contributed by atoms with Crippen molar-refractivity contribution in [3.8, 4) is 0 Å². The topological polar surface area (TPSA) is 65.6 Å². The van der Waals surface area contributed by atoms with E-state index in [1.54, 1.807) is 18.4 Å². The minimum absolute atomic E-state index is 0.183. The van der Waals surface area contributed by atoms with E-state index in [-0.39, 0.29) is 12.2 Å². The fourth-order valence-electron chi connectivity index (χ4n) is 4.56. The van der Waals surface area contributed by atoms with Crippen LogP contribution < -0.4 is 14.9 Å². The lowest BCUT2D eigenvalue weighted by Crippen LogP contribution is -2.39. The molecule has 0 saturated carbocycles. The Balaban J connectivity index is 1.74. The highest BCUT2D eigenvalue weighted by atomic mass is 32.1. The van der Waals surface area contributed by atoms with Crippen LogP contribution in [0, 0.1) is 0 Å². The lowest BCUT2D eigenvalue weighted by atomic mass is 9.96. The Hall–Kier alpha value is -3.97. The largest absolute Gasteiger partial charge is 0.463 e. The monoisotopic (exact) mass is 483 g/mol. The van der Waals surface area contributed by atoms with Crippen LogP contribution in [0.25, 0.3) is 17.0 Å². The van der Waals surface area contributed by atoms with Crippen molar-refractivity contribution in [2.45, 2.75) is 26.4 Å². The van der Waals surface area contributed by atoms with Gasteiger partial charge < -0.3 is 9.30 Å². The molecule has 5 rings (SSSR count). The van der Waals surface area contributed by atoms with E-state index in [9.17, 15) is 9.59 Å². The first-order valence-corrected chi connectivity index (χ1v) is 12.3. The second-order valence-electron chi connectivity index (χ2n) is 8.26. The molecule has 35 heavy (non-hydrogen) atoms. The second-order valence-corrected chi connectivity index (χ2v) is 9.26. The number of benzene rings is 2. The molecule has 2 aromatic heterocycles. The lowest BCUT2D eigenvalue weighted by molar-refractivity contribution is -0.139. The number of thiazole rings is 1. The highest BCUT2D eigenvalue weighted by Gasteiger charge is 2.33. The van der Waals surface area contributed by atoms with Crippen LogP contribution in [0.1, 0.15) is 31.0 Å². The third-order valence-corrected chi connectivity index (χ3v) is 7.05. The summed E-state index contributed by atoms with van der Waals surface area (Å²) in [6, 6.07) is 17.0. The Morgan fingerprint density at radius 2 is 1.91 bits per heavy atom. The Kier molecular flexibility index (Phi) is 6.09. The maximum absolute atomic E-state index is 13.8. The molecule has 1 unspecified atom stereocenters. The Morgan fingerprint density at radius 3 is 2.66 bits per heavy atom. The molecule has 0 N–H and O–H groups in total. The van der Waals surface area contributed by atoms with Gasteiger partial charge in [0, 0.05) is 29.2 Å². The first kappa shape index (κ1) is 22.8. The standard InChI is InChI=1S/C28H25N3O3S/c1-4-15-30-17-20(21-13-9-10-14-22(21)30)16-23-26(32)31-25(19-11-7-6-8-12-19)24(27(33)34-5-2)18(3)29-28(31)35-23/h4,6-14,16-17,25H,1,5,15H2,2-3H3. The van der Waals surface area contributed by atoms with E-state index < -0.39 is 12.0 Å². The second kappa shape index (κ2) is 9.35. The molecule has 6 nitrogen and oxygen atoms in total. The number of esters is 1. The molecule has 176 valence electrons. The number of rotatable bonds is 6. The highest BCUT2D eigenvalue weighted by Crippen LogP contribution is 2.30. The van der Waals surface area contributed by atoms with Gasteiger partial charge in [0.2, 0.25) is 0 Å². The van der Waals surface area contributed by atoms with E-state index >= 15 is 0 Å². The smallest absolute Gasteiger partial charge is 0.338 e. The number of hydrogen-bond donors (Lipinski definition) is 0. The Morgan fingerprint density at radius 1 is 1.17 bits per heavy atom. The predicted molar refractivity (Wildman–Crippen MR) is 139 cm³/mol. The summed E-state index contributed by atoms with van der Waals surface area (Å²) < 4.78 is 9.64. The third-order valence-electron chi connectivity index (χ3n) is 6.06. The number of ether oxygens (including phenoxy) is 1. The summed E-state index contributed by atoms with van der Waals surface area (Å²) in [5.74, 6) is -0.454. The molecule has 1 aliphatic rings. The van der Waals surface area contributed by atoms with E-state index in [0.717, 1.165) is 22.0 Å². The van der Waals surface area contributed by atoms with Gasteiger partial charge in [-0.2, -0.15) is 0 Å². The molecule has 0 fully saturated rings. The number of hydrogen-bond acceptors (Lipinski definition) is 5. The van der Waals surface area contributed by atoms with Gasteiger partial charge in [-0.15, -0.1) is 6.58 Å². The van der Waals surface area contributed by atoms with Crippen LogP contribution >= 0.6 is 11.3 Å². The van der Waals surface area contributed by atoms with E-state index in [0.29, 0.717) is 27.1 Å². The molecule has 4 aromatic rings. The van der Waals surface area contributed by atoms with Gasteiger partial charge >= 0.3 is 5.97 Å². The van der Waals surface area contributed by atoms with Crippen molar-refractivity contribution in [1.82, 2.24) is 9.13 Å². The van der Waals surface area contributed by atoms with Crippen LogP contribution in [0.5, 0.6) is 0 Å². The van der Waals surface area contributed by atoms with Crippen molar-refractivity contribution >= 4 is 34.3 Å². The zero-order valence-electron chi connectivity index (χ0n) is 19.6. The maximum Gasteiger partial charge on any atom is 0.338 e. The first-order valence-electron chi connectivity index (χ1n) is 11.5. The normalized spacial score (nSPS) is 15.7. The summed E-state index contributed by atoms with van der Waals surface area (Å²) >= 11 is 1.33. The number of carbonyl (C=O) groups is 1. The van der Waals surface area contributed by atoms with Gasteiger partial charge in [0.25, 0.3) is 5.56 Å². The van der Waals surface area contributed by atoms with Gasteiger partial charge in [0.1, 0.15) is 0 Å². The summed E-state index contributed by atoms with van der Waals surface area (Å²) in [6.45, 7) is 8.34. The van der Waals surface area contributed by atoms with E-state index in [2.05, 4.69) is 22.2 Å². The van der Waals surface area contributed by atoms with Crippen LogP contribution in [0.15, 0.2) is 94.5 Å². The maximum atomic E-state index is 13.8. The number of allylic oxidation sites excluding steroid dienone is 2. The summed E-state index contributed by atoms with van der Waals surface area (Å²) in [5, 5.41) is 1.06. The van der Waals surface area contributed by atoms with E-state index in [4.69, 9.17) is 4.74 Å². The fraction of sp³-hybridized carbons (Fsp3) is 0.179. The van der Waals surface area contributed by atoms with Crippen molar-refractivity contribution < 1.29 is 9.53 Å². The molecule has 1 atom stereocenters. The zero-order chi connectivity index (χ0) is 24.5. The van der Waals surface area contributed by atoms with Crippen LogP contribution in [-0.4, -0.2) is 21.7 Å². The molecule has 0 bridgehead atoms. The number of para-hydroxylation sites is 1. The molecule has 7 heteroatoms. The van der Waals surface area contributed by atoms with Crippen molar-refractivity contribution in [3.63, 3.8) is 0 Å². The summed E-state index contributed by atoms with van der Waals surface area (Å²) in [5.41, 5.74) is 3.63. The minimum Gasteiger partial charge on any atom is -0.463 e. The average Bonchev–Trinajstić information content (AvgIpc) is 3.36. The molecule has 0 spiro atoms. The van der Waals surface area contributed by atoms with Crippen molar-refractivity contribution in [2.75, 3.05) is 6.61 Å². The van der Waals surface area contributed by atoms with Crippen LogP contribution in [0.2, 0.25) is 0 Å². The number of nitrogens with zero attached hydrogens (tertiary/aromatic N) is 3. The molecule has 0 amide bonds. The molecule has 0 aliphatic carbocycles. The molecule has 0 saturated heterocycles. The van der Waals surface area contributed by atoms with E-state index in [1.165, 1.54) is 11.3 Å². The number of carbonyl (C=O) groups excluding carboxylic acids is 1. The van der Waals surface area contributed by atoms with Gasteiger partial charge in [-0.25, -0.2) is 9.79 Å². The summed E-state index contributed by atoms with van der Waals surface area (Å²) in [7, 11) is 0. The number of fused-ring (bicyclic) bond motifs is 2. The SMILES string of the molecule is C=CCn1cc(C=c2sc3n(c2=O)C(c2ccccc2)C(C(=O)OCC)=C(C)N=3)c2ccccc21. The third kappa shape index (κ3) is 3.98. The molecular weight excluding hydrogens is 458 g/mol. The number of aromatic nitrogens is 2. The predicted octanol–water partition coefficient (Wildman–Crippen LogP) is 3.94. The van der Waals surface area contributed by atoms with Crippen LogP contribution in [-0.2, 0) is 16.1 Å². The fourth-order valence-corrected chi connectivity index (χ4v) is 5.60. The summed E-state index contributed by atoms with van der Waals surface area (Å²) in [6.07, 6.45) is 5.80. The van der Waals surface area contributed by atoms with Gasteiger partial charge in [-0.05, 0) is 31.6 Å². The van der Waals surface area contributed by atoms with E-state index in [1.807, 2.05) is 66.9 Å². The Bertz CT molecular complexity index is 1650. The van der Waals surface area contributed by atoms with Crippen molar-refractivity contribution in [1.29, 1.82) is 0 Å². The average molecular weight is 484 g/mol. The molecule has 2 aromatic carbocycles. The van der Waals surface area contributed by atoms with Gasteiger partial charge in [0.15, 0.2) is 4.80 Å². The molecule has 3 heterocycles. The van der Waals surface area contributed by atoms with Crippen molar-refractivity contribution in [3.05, 3.63) is 116 Å². The molecular formula is C28H25N3O3S. The quantitative estimate of drug-likeness (QED) is 0.308. The first-order chi connectivity index (χ1) is 17.0. The van der Waals surface area contributed by atoms with Gasteiger partial charge in [0.05, 0.1) is 28.5 Å². The highest BCUT2D eigenvalue weighted by molar-refractivity contribution is 7.07. The molecule has 0 radical (unpaired) electrons. The van der Waals surface area contributed by atoms with Gasteiger partial charge in [-0.1, -0.05) is 65.9 Å². The Labute approximate surface area is 206 Å².